The van der Waals surface area contributed by atoms with Gasteiger partial charge in [-0.2, -0.15) is 0 Å². The molecule has 2 rings (SSSR count). The third-order valence-electron chi connectivity index (χ3n) is 1.78. The number of rotatable bonds is 3. The third kappa shape index (κ3) is 2.10. The fourth-order valence-electron chi connectivity index (χ4n) is 1.10. The predicted molar refractivity (Wildman–Crippen MR) is 59.7 cm³/mol. The van der Waals surface area contributed by atoms with E-state index < -0.39 is 0 Å². The molecule has 0 saturated carbocycles. The van der Waals surface area contributed by atoms with Gasteiger partial charge >= 0.3 is 0 Å². The van der Waals surface area contributed by atoms with Gasteiger partial charge < -0.3 is 11.1 Å². The van der Waals surface area contributed by atoms with Crippen molar-refractivity contribution in [2.24, 2.45) is 5.73 Å². The van der Waals surface area contributed by atoms with Gasteiger partial charge in [-0.05, 0) is 12.1 Å². The minimum atomic E-state index is 0.550. The van der Waals surface area contributed by atoms with E-state index in [0.717, 1.165) is 15.7 Å². The molecule has 0 fully saturated rings. The third-order valence-corrected chi connectivity index (χ3v) is 2.71. The van der Waals surface area contributed by atoms with Crippen LogP contribution in [0.3, 0.4) is 0 Å². The highest BCUT2D eigenvalue weighted by atomic mass is 32.1. The molecule has 1 heterocycles. The van der Waals surface area contributed by atoms with Gasteiger partial charge in [0.2, 0.25) is 0 Å². The van der Waals surface area contributed by atoms with Crippen LogP contribution in [0.15, 0.2) is 36.5 Å². The van der Waals surface area contributed by atoms with Gasteiger partial charge in [-0.15, -0.1) is 11.3 Å². The summed E-state index contributed by atoms with van der Waals surface area (Å²) >= 11 is 1.58. The van der Waals surface area contributed by atoms with Crippen LogP contribution in [-0.2, 0) is 6.54 Å². The Bertz CT molecular complexity index is 397. The average molecular weight is 205 g/mol. The van der Waals surface area contributed by atoms with E-state index in [9.17, 15) is 0 Å². The van der Waals surface area contributed by atoms with Crippen molar-refractivity contribution in [2.45, 2.75) is 6.54 Å². The number of nitrogens with one attached hydrogen (secondary N) is 1. The van der Waals surface area contributed by atoms with Gasteiger partial charge in [0.1, 0.15) is 0 Å². The topological polar surface area (TPSA) is 50.9 Å². The maximum atomic E-state index is 5.50. The highest BCUT2D eigenvalue weighted by molar-refractivity contribution is 7.15. The van der Waals surface area contributed by atoms with Crippen molar-refractivity contribution in [1.29, 1.82) is 0 Å². The van der Waals surface area contributed by atoms with Crippen molar-refractivity contribution in [3.8, 4) is 0 Å². The zero-order valence-corrected chi connectivity index (χ0v) is 8.42. The van der Waals surface area contributed by atoms with Gasteiger partial charge in [0.05, 0.1) is 0 Å². The summed E-state index contributed by atoms with van der Waals surface area (Å²) in [6.07, 6.45) is 1.80. The van der Waals surface area contributed by atoms with Crippen LogP contribution in [0.25, 0.3) is 0 Å². The summed E-state index contributed by atoms with van der Waals surface area (Å²) in [4.78, 5) is 5.30. The van der Waals surface area contributed by atoms with Crippen molar-refractivity contribution in [3.63, 3.8) is 0 Å². The summed E-state index contributed by atoms with van der Waals surface area (Å²) in [7, 11) is 0. The number of benzene rings is 1. The molecule has 0 amide bonds. The van der Waals surface area contributed by atoms with Crippen LogP contribution >= 0.6 is 11.3 Å². The molecular formula is C10H11N3S. The SMILES string of the molecule is NCc1cnc(Nc2ccccc2)s1. The molecule has 14 heavy (non-hydrogen) atoms. The first-order valence-electron chi connectivity index (χ1n) is 4.35. The van der Waals surface area contributed by atoms with Crippen molar-refractivity contribution >= 4 is 22.2 Å². The van der Waals surface area contributed by atoms with E-state index >= 15 is 0 Å². The summed E-state index contributed by atoms with van der Waals surface area (Å²) in [5, 5.41) is 4.10. The molecule has 1 aromatic carbocycles. The van der Waals surface area contributed by atoms with E-state index in [-0.39, 0.29) is 0 Å². The number of aromatic nitrogens is 1. The lowest BCUT2D eigenvalue weighted by atomic mass is 10.3. The first kappa shape index (κ1) is 9.18. The lowest BCUT2D eigenvalue weighted by Crippen LogP contribution is -1.91. The van der Waals surface area contributed by atoms with E-state index in [1.165, 1.54) is 0 Å². The molecule has 0 aliphatic heterocycles. The summed E-state index contributed by atoms with van der Waals surface area (Å²) in [6.45, 7) is 0.550. The first-order valence-corrected chi connectivity index (χ1v) is 5.17. The number of hydrogen-bond acceptors (Lipinski definition) is 4. The maximum absolute atomic E-state index is 5.50. The van der Waals surface area contributed by atoms with Crippen LogP contribution in [0.1, 0.15) is 4.88 Å². The normalized spacial score (nSPS) is 10.1. The first-order chi connectivity index (χ1) is 6.88. The molecule has 2 aromatic rings. The Morgan fingerprint density at radius 2 is 2.07 bits per heavy atom. The van der Waals surface area contributed by atoms with E-state index in [1.54, 1.807) is 17.5 Å². The number of nitrogens with two attached hydrogens (primary N) is 1. The summed E-state index contributed by atoms with van der Waals surface area (Å²) in [6, 6.07) is 9.96. The minimum Gasteiger partial charge on any atom is -0.332 e. The van der Waals surface area contributed by atoms with Crippen LogP contribution in [-0.4, -0.2) is 4.98 Å². The molecule has 1 aromatic heterocycles. The molecule has 0 aliphatic rings. The molecule has 0 saturated heterocycles. The number of anilines is 2. The second-order valence-electron chi connectivity index (χ2n) is 2.83. The van der Waals surface area contributed by atoms with Crippen molar-refractivity contribution in [2.75, 3.05) is 5.32 Å². The van der Waals surface area contributed by atoms with Gasteiger partial charge in [-0.25, -0.2) is 4.98 Å². The van der Waals surface area contributed by atoms with Crippen molar-refractivity contribution < 1.29 is 0 Å². The fraction of sp³-hybridized carbons (Fsp3) is 0.100. The molecule has 3 N–H and O–H groups in total. The molecule has 0 unspecified atom stereocenters. The Kier molecular flexibility index (Phi) is 2.76. The van der Waals surface area contributed by atoms with Crippen LogP contribution in [0.4, 0.5) is 10.8 Å². The molecular weight excluding hydrogens is 194 g/mol. The standard InChI is InChI=1S/C10H11N3S/c11-6-9-7-12-10(14-9)13-8-4-2-1-3-5-8/h1-5,7H,6,11H2,(H,12,13). The Balaban J connectivity index is 2.11. The van der Waals surface area contributed by atoms with Gasteiger partial charge in [0.15, 0.2) is 5.13 Å². The highest BCUT2D eigenvalue weighted by Gasteiger charge is 1.99. The second kappa shape index (κ2) is 4.21. The number of thiazole rings is 1. The van der Waals surface area contributed by atoms with E-state index in [4.69, 9.17) is 5.73 Å². The summed E-state index contributed by atoms with van der Waals surface area (Å²) in [5.74, 6) is 0. The van der Waals surface area contributed by atoms with E-state index in [0.29, 0.717) is 6.54 Å². The van der Waals surface area contributed by atoms with Gasteiger partial charge in [0.25, 0.3) is 0 Å². The van der Waals surface area contributed by atoms with Crippen LogP contribution in [0.2, 0.25) is 0 Å². The zero-order chi connectivity index (χ0) is 9.80. The second-order valence-corrected chi connectivity index (χ2v) is 3.94. The van der Waals surface area contributed by atoms with Crippen molar-refractivity contribution in [1.82, 2.24) is 4.98 Å². The molecule has 0 radical (unpaired) electrons. The van der Waals surface area contributed by atoms with Crippen LogP contribution < -0.4 is 11.1 Å². The Morgan fingerprint density at radius 3 is 2.71 bits per heavy atom. The number of hydrogen-bond donors (Lipinski definition) is 2. The van der Waals surface area contributed by atoms with Gasteiger partial charge in [-0.3, -0.25) is 0 Å². The average Bonchev–Trinajstić information content (AvgIpc) is 2.67. The monoisotopic (exact) mass is 205 g/mol. The predicted octanol–water partition coefficient (Wildman–Crippen LogP) is 2.35. The Hall–Kier alpha value is -1.39. The Labute approximate surface area is 86.6 Å². The molecule has 0 atom stereocenters. The number of para-hydroxylation sites is 1. The van der Waals surface area contributed by atoms with Crippen molar-refractivity contribution in [3.05, 3.63) is 41.4 Å². The Morgan fingerprint density at radius 1 is 1.29 bits per heavy atom. The molecule has 0 aliphatic carbocycles. The maximum Gasteiger partial charge on any atom is 0.187 e. The highest BCUT2D eigenvalue weighted by Crippen LogP contribution is 2.21. The number of nitrogens with zero attached hydrogens (tertiary/aromatic N) is 1. The van der Waals surface area contributed by atoms with Gasteiger partial charge in [0, 0.05) is 23.3 Å². The lowest BCUT2D eigenvalue weighted by molar-refractivity contribution is 1.10. The molecule has 0 bridgehead atoms. The van der Waals surface area contributed by atoms with Gasteiger partial charge in [-0.1, -0.05) is 18.2 Å². The zero-order valence-electron chi connectivity index (χ0n) is 7.60. The summed E-state index contributed by atoms with van der Waals surface area (Å²) < 4.78 is 0. The quantitative estimate of drug-likeness (QED) is 0.808. The molecule has 0 spiro atoms. The van der Waals surface area contributed by atoms with Crippen LogP contribution in [0.5, 0.6) is 0 Å². The minimum absolute atomic E-state index is 0.550. The smallest absolute Gasteiger partial charge is 0.187 e. The fourth-order valence-corrected chi connectivity index (χ4v) is 1.82. The molecule has 72 valence electrons. The molecule has 3 nitrogen and oxygen atoms in total. The van der Waals surface area contributed by atoms with Crippen LogP contribution in [0, 0.1) is 0 Å². The largest absolute Gasteiger partial charge is 0.332 e. The summed E-state index contributed by atoms with van der Waals surface area (Å²) in [5.41, 5.74) is 6.55. The lowest BCUT2D eigenvalue weighted by Gasteiger charge is -2.00. The van der Waals surface area contributed by atoms with E-state index in [2.05, 4.69) is 10.3 Å². The van der Waals surface area contributed by atoms with E-state index in [1.807, 2.05) is 30.3 Å². The molecule has 4 heteroatoms.